The van der Waals surface area contributed by atoms with Gasteiger partial charge in [0.05, 0.1) is 10.7 Å². The number of halogens is 1. The van der Waals surface area contributed by atoms with Gasteiger partial charge in [-0.15, -0.1) is 0 Å². The number of allylic oxidation sites excluding steroid dienone is 3. The fourth-order valence-electron chi connectivity index (χ4n) is 0.609. The number of hydrogen-bond donors (Lipinski definition) is 0. The zero-order chi connectivity index (χ0) is 10.1. The Morgan fingerprint density at radius 2 is 1.75 bits per heavy atom. The Hall–Kier alpha value is -0.560. The first kappa shape index (κ1) is 14.0. The van der Waals surface area contributed by atoms with Gasteiger partial charge in [-0.3, -0.25) is 4.99 Å². The molecule has 0 N–H and O–H groups in total. The minimum atomic E-state index is 0.662. The standard InChI is InChI=1S/C8H12ClN.C2H6/c1-5-7(9)8(10-4)6(2)3;1-2/h5H,4H2,1-3H3;1-2H3/b7-5+;. The van der Waals surface area contributed by atoms with Gasteiger partial charge in [-0.05, 0) is 33.1 Å². The molecule has 0 saturated carbocycles. The molecular formula is C10H18ClN. The lowest BCUT2D eigenvalue weighted by Crippen LogP contribution is -1.80. The lowest BCUT2D eigenvalue weighted by atomic mass is 10.2. The van der Waals surface area contributed by atoms with Gasteiger partial charge in [0.2, 0.25) is 0 Å². The van der Waals surface area contributed by atoms with Crippen molar-refractivity contribution in [1.82, 2.24) is 0 Å². The van der Waals surface area contributed by atoms with Crippen molar-refractivity contribution in [2.45, 2.75) is 34.6 Å². The second-order valence-electron chi connectivity index (χ2n) is 2.14. The molecule has 70 valence electrons. The number of nitrogens with zero attached hydrogens (tertiary/aromatic N) is 1. The Kier molecular flexibility index (Phi) is 9.95. The summed E-state index contributed by atoms with van der Waals surface area (Å²) in [6.45, 7) is 13.2. The van der Waals surface area contributed by atoms with Crippen LogP contribution in [0.4, 0.5) is 0 Å². The first-order valence-electron chi connectivity index (χ1n) is 4.09. The van der Waals surface area contributed by atoms with Crippen LogP contribution in [0.25, 0.3) is 0 Å². The summed E-state index contributed by atoms with van der Waals surface area (Å²) in [5, 5.41) is 0.662. The number of aliphatic imine (C=N–C) groups is 1. The predicted molar refractivity (Wildman–Crippen MR) is 58.9 cm³/mol. The van der Waals surface area contributed by atoms with E-state index in [4.69, 9.17) is 11.6 Å². The summed E-state index contributed by atoms with van der Waals surface area (Å²) in [6.07, 6.45) is 1.80. The van der Waals surface area contributed by atoms with E-state index in [0.717, 1.165) is 11.3 Å². The first-order chi connectivity index (χ1) is 5.63. The fourth-order valence-corrected chi connectivity index (χ4v) is 0.858. The van der Waals surface area contributed by atoms with E-state index < -0.39 is 0 Å². The molecule has 0 radical (unpaired) electrons. The molecule has 0 saturated heterocycles. The van der Waals surface area contributed by atoms with Crippen molar-refractivity contribution in [2.24, 2.45) is 4.99 Å². The molecule has 0 aromatic rings. The normalized spacial score (nSPS) is 9.67. The predicted octanol–water partition coefficient (Wildman–Crippen LogP) is 4.15. The maximum Gasteiger partial charge on any atom is 0.0791 e. The van der Waals surface area contributed by atoms with E-state index in [9.17, 15) is 0 Å². The molecule has 0 rings (SSSR count). The van der Waals surface area contributed by atoms with Gasteiger partial charge in [0, 0.05) is 0 Å². The summed E-state index contributed by atoms with van der Waals surface area (Å²) in [4.78, 5) is 3.79. The van der Waals surface area contributed by atoms with Crippen LogP contribution in [0.5, 0.6) is 0 Å². The van der Waals surface area contributed by atoms with Gasteiger partial charge in [-0.25, -0.2) is 0 Å². The van der Waals surface area contributed by atoms with Crippen LogP contribution in [0, 0.1) is 0 Å². The molecule has 0 amide bonds. The Labute approximate surface area is 80.8 Å². The highest BCUT2D eigenvalue weighted by Crippen LogP contribution is 2.18. The highest BCUT2D eigenvalue weighted by atomic mass is 35.5. The SMILES string of the molecule is C=NC(=C(C)C)/C(Cl)=C\C.CC. The lowest BCUT2D eigenvalue weighted by molar-refractivity contribution is 1.24. The fraction of sp³-hybridized carbons (Fsp3) is 0.500. The summed E-state index contributed by atoms with van der Waals surface area (Å²) < 4.78 is 0. The van der Waals surface area contributed by atoms with Gasteiger partial charge in [0.25, 0.3) is 0 Å². The van der Waals surface area contributed by atoms with Gasteiger partial charge in [0.1, 0.15) is 0 Å². The van der Waals surface area contributed by atoms with E-state index in [1.165, 1.54) is 0 Å². The van der Waals surface area contributed by atoms with E-state index >= 15 is 0 Å². The Balaban J connectivity index is 0. The molecule has 12 heavy (non-hydrogen) atoms. The van der Waals surface area contributed by atoms with E-state index in [0.29, 0.717) is 5.03 Å². The molecular weight excluding hydrogens is 170 g/mol. The summed E-state index contributed by atoms with van der Waals surface area (Å²) in [7, 11) is 0. The van der Waals surface area contributed by atoms with Crippen molar-refractivity contribution >= 4 is 18.3 Å². The van der Waals surface area contributed by atoms with E-state index in [2.05, 4.69) is 11.7 Å². The molecule has 0 aliphatic carbocycles. The zero-order valence-electron chi connectivity index (χ0n) is 8.61. The van der Waals surface area contributed by atoms with Crippen LogP contribution in [0.15, 0.2) is 27.4 Å². The summed E-state index contributed by atoms with van der Waals surface area (Å²) >= 11 is 5.80. The van der Waals surface area contributed by atoms with Crippen molar-refractivity contribution in [1.29, 1.82) is 0 Å². The molecule has 0 aromatic heterocycles. The van der Waals surface area contributed by atoms with E-state index in [1.54, 1.807) is 6.08 Å². The van der Waals surface area contributed by atoms with Crippen LogP contribution >= 0.6 is 11.6 Å². The molecule has 0 aromatic carbocycles. The summed E-state index contributed by atoms with van der Waals surface area (Å²) in [6, 6.07) is 0. The van der Waals surface area contributed by atoms with Crippen LogP contribution < -0.4 is 0 Å². The van der Waals surface area contributed by atoms with Gasteiger partial charge < -0.3 is 0 Å². The second kappa shape index (κ2) is 8.54. The number of hydrogen-bond acceptors (Lipinski definition) is 1. The van der Waals surface area contributed by atoms with Crippen LogP contribution in [0.2, 0.25) is 0 Å². The summed E-state index contributed by atoms with van der Waals surface area (Å²) in [5.41, 5.74) is 1.86. The second-order valence-corrected chi connectivity index (χ2v) is 2.55. The van der Waals surface area contributed by atoms with Crippen LogP contribution in [0.1, 0.15) is 34.6 Å². The van der Waals surface area contributed by atoms with Crippen molar-refractivity contribution in [3.05, 3.63) is 22.4 Å². The first-order valence-corrected chi connectivity index (χ1v) is 4.47. The molecule has 0 spiro atoms. The maximum absolute atomic E-state index is 5.80. The number of rotatable bonds is 2. The van der Waals surface area contributed by atoms with Gasteiger partial charge in [-0.2, -0.15) is 0 Å². The molecule has 0 bridgehead atoms. The Morgan fingerprint density at radius 1 is 1.33 bits per heavy atom. The van der Waals surface area contributed by atoms with Gasteiger partial charge in [-0.1, -0.05) is 31.5 Å². The third-order valence-corrected chi connectivity index (χ3v) is 1.51. The van der Waals surface area contributed by atoms with Crippen LogP contribution in [-0.4, -0.2) is 6.72 Å². The summed E-state index contributed by atoms with van der Waals surface area (Å²) in [5.74, 6) is 0. The van der Waals surface area contributed by atoms with Crippen LogP contribution in [-0.2, 0) is 0 Å². The quantitative estimate of drug-likeness (QED) is 0.455. The molecule has 0 aliphatic rings. The third kappa shape index (κ3) is 5.14. The van der Waals surface area contributed by atoms with Gasteiger partial charge >= 0.3 is 0 Å². The van der Waals surface area contributed by atoms with Crippen LogP contribution in [0.3, 0.4) is 0 Å². The molecule has 1 nitrogen and oxygen atoms in total. The Bertz CT molecular complexity index is 186. The minimum absolute atomic E-state index is 0.662. The average molecular weight is 188 g/mol. The highest BCUT2D eigenvalue weighted by Gasteiger charge is 1.98. The van der Waals surface area contributed by atoms with E-state index in [-0.39, 0.29) is 0 Å². The average Bonchev–Trinajstić information content (AvgIpc) is 2.08. The topological polar surface area (TPSA) is 12.4 Å². The van der Waals surface area contributed by atoms with E-state index in [1.807, 2.05) is 34.6 Å². The van der Waals surface area contributed by atoms with Gasteiger partial charge in [0.15, 0.2) is 0 Å². The smallest absolute Gasteiger partial charge is 0.0791 e. The zero-order valence-corrected chi connectivity index (χ0v) is 9.37. The molecule has 0 unspecified atom stereocenters. The highest BCUT2D eigenvalue weighted by molar-refractivity contribution is 6.32. The third-order valence-electron chi connectivity index (χ3n) is 1.11. The van der Waals surface area contributed by atoms with Crippen molar-refractivity contribution in [3.8, 4) is 0 Å². The molecule has 0 heterocycles. The molecule has 0 aliphatic heterocycles. The lowest BCUT2D eigenvalue weighted by Gasteiger charge is -1.99. The molecule has 2 heteroatoms. The van der Waals surface area contributed by atoms with Crippen molar-refractivity contribution < 1.29 is 0 Å². The minimum Gasteiger partial charge on any atom is -0.263 e. The Morgan fingerprint density at radius 3 is 1.83 bits per heavy atom. The molecule has 0 fully saturated rings. The molecule has 0 atom stereocenters. The largest absolute Gasteiger partial charge is 0.263 e. The van der Waals surface area contributed by atoms with Crippen molar-refractivity contribution in [3.63, 3.8) is 0 Å². The van der Waals surface area contributed by atoms with Crippen molar-refractivity contribution in [2.75, 3.05) is 0 Å². The maximum atomic E-state index is 5.80. The monoisotopic (exact) mass is 187 g/mol.